The Balaban J connectivity index is 1.63. The summed E-state index contributed by atoms with van der Waals surface area (Å²) >= 11 is 0. The number of hydrogen-bond donors (Lipinski definition) is 0. The Kier molecular flexibility index (Phi) is 11.0. The second-order valence-electron chi connectivity index (χ2n) is 11.4. The van der Waals surface area contributed by atoms with Crippen LogP contribution in [0.1, 0.15) is 98.7 Å². The summed E-state index contributed by atoms with van der Waals surface area (Å²) in [6.07, 6.45) is 11.1. The highest BCUT2D eigenvalue weighted by molar-refractivity contribution is 5.66. The molecule has 0 amide bonds. The maximum atomic E-state index is 5.88. The fourth-order valence-electron chi connectivity index (χ4n) is 5.33. The molecule has 210 valence electrons. The normalized spacial score (nSPS) is 15.5. The first-order valence-corrected chi connectivity index (χ1v) is 15.0. The molecule has 1 aromatic heterocycles. The van der Waals surface area contributed by atoms with Crippen LogP contribution < -0.4 is 0 Å². The fraction of sp³-hybridized carbons (Fsp3) is 0.559. The third kappa shape index (κ3) is 8.94. The smallest absolute Gasteiger partial charge is 0.163 e. The molecule has 0 N–H and O–H groups in total. The predicted molar refractivity (Wildman–Crippen MR) is 160 cm³/mol. The molecule has 5 heteroatoms. The molecular formula is C34H47N3O2. The first-order valence-electron chi connectivity index (χ1n) is 15.0. The maximum Gasteiger partial charge on any atom is 0.163 e. The highest BCUT2D eigenvalue weighted by Gasteiger charge is 2.23. The van der Waals surface area contributed by atoms with Gasteiger partial charge in [-0.25, -0.2) is 15.0 Å². The van der Waals surface area contributed by atoms with Crippen LogP contribution in [0.25, 0.3) is 22.8 Å². The summed E-state index contributed by atoms with van der Waals surface area (Å²) in [5.41, 5.74) is 7.06. The lowest BCUT2D eigenvalue weighted by molar-refractivity contribution is 0.111. The Hall–Kier alpha value is -2.63. The molecule has 39 heavy (non-hydrogen) atoms. The number of unbranched alkanes of at least 4 members (excludes halogenated alkanes) is 5. The molecule has 3 aromatic rings. The van der Waals surface area contributed by atoms with Crippen LogP contribution in [0.3, 0.4) is 0 Å². The third-order valence-corrected chi connectivity index (χ3v) is 7.72. The minimum absolute atomic E-state index is 0.286. The van der Waals surface area contributed by atoms with Crippen molar-refractivity contribution in [3.05, 3.63) is 64.5 Å². The SMILES string of the molecule is CCCCCCCCC(CCCOCC1CO1)c1nc(-c2ccc(C)cc2C)nc(-c2ccc(C)cc2C)n1. The number of ether oxygens (including phenoxy) is 2. The summed E-state index contributed by atoms with van der Waals surface area (Å²) in [5, 5.41) is 0. The molecule has 2 aromatic carbocycles. The lowest BCUT2D eigenvalue weighted by Gasteiger charge is -2.18. The third-order valence-electron chi connectivity index (χ3n) is 7.72. The molecule has 5 nitrogen and oxygen atoms in total. The molecule has 4 rings (SSSR count). The van der Waals surface area contributed by atoms with Gasteiger partial charge >= 0.3 is 0 Å². The Morgan fingerprint density at radius 2 is 1.33 bits per heavy atom. The van der Waals surface area contributed by atoms with Crippen molar-refractivity contribution >= 4 is 0 Å². The number of aryl methyl sites for hydroxylation is 4. The van der Waals surface area contributed by atoms with E-state index < -0.39 is 0 Å². The lowest BCUT2D eigenvalue weighted by Crippen LogP contribution is -2.11. The second-order valence-corrected chi connectivity index (χ2v) is 11.4. The van der Waals surface area contributed by atoms with Crippen LogP contribution in [0.2, 0.25) is 0 Å². The molecule has 1 aliphatic rings. The lowest BCUT2D eigenvalue weighted by atomic mass is 9.94. The van der Waals surface area contributed by atoms with Gasteiger partial charge < -0.3 is 9.47 Å². The van der Waals surface area contributed by atoms with Gasteiger partial charge in [0.05, 0.1) is 13.2 Å². The van der Waals surface area contributed by atoms with E-state index in [2.05, 4.69) is 71.0 Å². The zero-order chi connectivity index (χ0) is 27.6. The van der Waals surface area contributed by atoms with Crippen LogP contribution in [0.15, 0.2) is 36.4 Å². The van der Waals surface area contributed by atoms with E-state index in [4.69, 9.17) is 24.4 Å². The zero-order valence-electron chi connectivity index (χ0n) is 24.8. The van der Waals surface area contributed by atoms with E-state index in [1.807, 2.05) is 0 Å². The van der Waals surface area contributed by atoms with Crippen molar-refractivity contribution in [2.24, 2.45) is 0 Å². The molecule has 2 heterocycles. The number of hydrogen-bond acceptors (Lipinski definition) is 5. The van der Waals surface area contributed by atoms with E-state index in [9.17, 15) is 0 Å². The highest BCUT2D eigenvalue weighted by Crippen LogP contribution is 2.31. The Labute approximate surface area is 235 Å². The Morgan fingerprint density at radius 3 is 1.90 bits per heavy atom. The monoisotopic (exact) mass is 529 g/mol. The number of nitrogens with zero attached hydrogens (tertiary/aromatic N) is 3. The largest absolute Gasteiger partial charge is 0.379 e. The molecule has 0 aliphatic carbocycles. The van der Waals surface area contributed by atoms with Crippen LogP contribution in [-0.4, -0.2) is 40.9 Å². The zero-order valence-corrected chi connectivity index (χ0v) is 24.8. The summed E-state index contributed by atoms with van der Waals surface area (Å²) in [6.45, 7) is 13.1. The summed E-state index contributed by atoms with van der Waals surface area (Å²) in [7, 11) is 0. The van der Waals surface area contributed by atoms with Gasteiger partial charge in [-0.15, -0.1) is 0 Å². The second kappa shape index (κ2) is 14.7. The summed E-state index contributed by atoms with van der Waals surface area (Å²) in [5.74, 6) is 2.77. The van der Waals surface area contributed by atoms with Gasteiger partial charge in [-0.2, -0.15) is 0 Å². The van der Waals surface area contributed by atoms with Gasteiger partial charge in [0.2, 0.25) is 0 Å². The molecular weight excluding hydrogens is 482 g/mol. The topological polar surface area (TPSA) is 60.4 Å². The van der Waals surface area contributed by atoms with Crippen LogP contribution >= 0.6 is 0 Å². The Morgan fingerprint density at radius 1 is 0.769 bits per heavy atom. The maximum absolute atomic E-state index is 5.88. The van der Waals surface area contributed by atoms with Crippen molar-refractivity contribution in [2.45, 2.75) is 104 Å². The minimum Gasteiger partial charge on any atom is -0.379 e. The quantitative estimate of drug-likeness (QED) is 0.138. The summed E-state index contributed by atoms with van der Waals surface area (Å²) in [4.78, 5) is 15.3. The first-order chi connectivity index (χ1) is 18.9. The Bertz CT molecular complexity index is 1140. The molecule has 0 spiro atoms. The molecule has 2 unspecified atom stereocenters. The van der Waals surface area contributed by atoms with Crippen molar-refractivity contribution in [3.63, 3.8) is 0 Å². The van der Waals surface area contributed by atoms with Gasteiger partial charge in [-0.1, -0.05) is 93.0 Å². The predicted octanol–water partition coefficient (Wildman–Crippen LogP) is 8.47. The highest BCUT2D eigenvalue weighted by atomic mass is 16.6. The molecule has 1 aliphatic heterocycles. The minimum atomic E-state index is 0.286. The average Bonchev–Trinajstić information content (AvgIpc) is 3.73. The van der Waals surface area contributed by atoms with Gasteiger partial charge in [0.1, 0.15) is 11.9 Å². The molecule has 0 radical (unpaired) electrons. The molecule has 1 saturated heterocycles. The summed E-state index contributed by atoms with van der Waals surface area (Å²) in [6, 6.07) is 13.0. The molecule has 1 fully saturated rings. The van der Waals surface area contributed by atoms with Gasteiger partial charge in [-0.05, 0) is 58.1 Å². The van der Waals surface area contributed by atoms with Gasteiger partial charge in [0.15, 0.2) is 11.6 Å². The van der Waals surface area contributed by atoms with Gasteiger partial charge in [0, 0.05) is 23.7 Å². The van der Waals surface area contributed by atoms with Crippen molar-refractivity contribution in [3.8, 4) is 22.8 Å². The van der Waals surface area contributed by atoms with E-state index in [1.165, 1.54) is 60.8 Å². The van der Waals surface area contributed by atoms with Crippen LogP contribution in [-0.2, 0) is 9.47 Å². The van der Waals surface area contributed by atoms with Gasteiger partial charge in [0.25, 0.3) is 0 Å². The summed E-state index contributed by atoms with van der Waals surface area (Å²) < 4.78 is 11.2. The number of epoxide rings is 1. The van der Waals surface area contributed by atoms with Crippen LogP contribution in [0, 0.1) is 27.7 Å². The van der Waals surface area contributed by atoms with Crippen molar-refractivity contribution in [1.82, 2.24) is 15.0 Å². The number of benzene rings is 2. The molecule has 0 bridgehead atoms. The number of aromatic nitrogens is 3. The molecule has 0 saturated carbocycles. The van der Waals surface area contributed by atoms with E-state index in [1.54, 1.807) is 0 Å². The van der Waals surface area contributed by atoms with Crippen LogP contribution in [0.4, 0.5) is 0 Å². The van der Waals surface area contributed by atoms with Crippen molar-refractivity contribution < 1.29 is 9.47 Å². The van der Waals surface area contributed by atoms with Gasteiger partial charge in [-0.3, -0.25) is 0 Å². The van der Waals surface area contributed by atoms with Crippen molar-refractivity contribution in [1.29, 1.82) is 0 Å². The average molecular weight is 530 g/mol. The van der Waals surface area contributed by atoms with E-state index in [0.29, 0.717) is 12.7 Å². The molecule has 2 atom stereocenters. The standard InChI is InChI=1S/C34H47N3O2/c1-6-7-8-9-10-11-13-28(14-12-19-38-22-29-23-39-29)32-35-33(30-17-15-24(2)20-26(30)4)37-34(36-32)31-18-16-25(3)21-27(31)5/h15-18,20-21,28-29H,6-14,19,22-23H2,1-5H3. The van der Waals surface area contributed by atoms with Crippen LogP contribution in [0.5, 0.6) is 0 Å². The van der Waals surface area contributed by atoms with E-state index >= 15 is 0 Å². The van der Waals surface area contributed by atoms with E-state index in [-0.39, 0.29) is 5.92 Å². The first kappa shape index (κ1) is 29.4. The number of rotatable bonds is 16. The van der Waals surface area contributed by atoms with Crippen molar-refractivity contribution in [2.75, 3.05) is 19.8 Å². The van der Waals surface area contributed by atoms with E-state index in [0.717, 1.165) is 61.1 Å². The fourth-order valence-corrected chi connectivity index (χ4v) is 5.33.